The van der Waals surface area contributed by atoms with E-state index >= 15 is 0 Å². The van der Waals surface area contributed by atoms with Crippen LogP contribution in [0.1, 0.15) is 90.9 Å². The predicted octanol–water partition coefficient (Wildman–Crippen LogP) is 7.16. The molecule has 0 aliphatic carbocycles. The van der Waals surface area contributed by atoms with Gasteiger partial charge >= 0.3 is 158 Å². The van der Waals surface area contributed by atoms with Gasteiger partial charge in [0, 0.05) is 0 Å². The van der Waals surface area contributed by atoms with E-state index in [1.54, 1.807) is 0 Å². The number of hydrogen-bond acceptors (Lipinski definition) is 5. The Morgan fingerprint density at radius 3 is 1.39 bits per heavy atom. The van der Waals surface area contributed by atoms with Crippen molar-refractivity contribution in [2.45, 2.75) is 90.9 Å². The minimum atomic E-state index is -2.98. The van der Waals surface area contributed by atoms with Gasteiger partial charge in [-0.15, -0.1) is 0 Å². The zero-order valence-corrected chi connectivity index (χ0v) is 20.8. The third-order valence-corrected chi connectivity index (χ3v) is 23.2. The monoisotopic (exact) mass is 435 g/mol. The molecule has 0 spiro atoms. The van der Waals surface area contributed by atoms with Crippen LogP contribution in [0.25, 0.3) is 0 Å². The zero-order valence-electron chi connectivity index (χ0n) is 15.2. The molecule has 0 atom stereocenters. The first kappa shape index (κ1) is 24.5. The van der Waals surface area contributed by atoms with E-state index in [1.165, 1.54) is 51.4 Å². The summed E-state index contributed by atoms with van der Waals surface area (Å²) in [5.41, 5.74) is 0. The van der Waals surface area contributed by atoms with E-state index in [-0.39, 0.29) is 0 Å². The summed E-state index contributed by atoms with van der Waals surface area (Å²) >= 11 is -2.73. The molecule has 0 fully saturated rings. The van der Waals surface area contributed by atoms with E-state index in [9.17, 15) is 4.57 Å². The van der Waals surface area contributed by atoms with Crippen molar-refractivity contribution < 1.29 is 26.6 Å². The summed E-state index contributed by atoms with van der Waals surface area (Å²) in [5, 5.41) is 0. The van der Waals surface area contributed by atoms with Gasteiger partial charge in [0.1, 0.15) is 0 Å². The summed E-state index contributed by atoms with van der Waals surface area (Å²) in [6, 6.07) is 0. The molecule has 0 unspecified atom stereocenters. The molecule has 0 bridgehead atoms. The molecule has 0 rings (SSSR count). The fraction of sp³-hybridized carbons (Fsp3) is 1.00. The van der Waals surface area contributed by atoms with Gasteiger partial charge in [-0.3, -0.25) is 0 Å². The van der Waals surface area contributed by atoms with E-state index in [4.69, 9.17) is 9.05 Å². The third-order valence-electron chi connectivity index (χ3n) is 3.92. The molecule has 0 amide bonds. The third kappa shape index (κ3) is 14.3. The Morgan fingerprint density at radius 1 is 0.696 bits per heavy atom. The van der Waals surface area contributed by atoms with Crippen LogP contribution in [0.5, 0.6) is 0 Å². The molecule has 3 nitrogen and oxygen atoms in total. The van der Waals surface area contributed by atoms with Crippen molar-refractivity contribution in [3.63, 3.8) is 0 Å². The van der Waals surface area contributed by atoms with Crippen LogP contribution in [0.3, 0.4) is 0 Å². The van der Waals surface area contributed by atoms with E-state index < -0.39 is 19.0 Å². The molecule has 23 heavy (non-hydrogen) atoms. The average Bonchev–Trinajstić information content (AvgIpc) is 2.53. The van der Waals surface area contributed by atoms with Gasteiger partial charge in [0.05, 0.1) is 0 Å². The van der Waals surface area contributed by atoms with Gasteiger partial charge in [-0.2, -0.15) is 0 Å². The number of rotatable bonds is 17. The fourth-order valence-corrected chi connectivity index (χ4v) is 12.4. The normalized spacial score (nSPS) is 11.8. The van der Waals surface area contributed by atoms with Gasteiger partial charge < -0.3 is 0 Å². The molecule has 0 aliphatic heterocycles. The Hall–Kier alpha value is 1.47. The molecule has 0 saturated heterocycles. The molecule has 137 valence electrons. The van der Waals surface area contributed by atoms with Gasteiger partial charge in [-0.25, -0.2) is 0 Å². The summed E-state index contributed by atoms with van der Waals surface area (Å²) in [6.07, 6.45) is 14.3. The summed E-state index contributed by atoms with van der Waals surface area (Å²) < 4.78 is 23.9. The van der Waals surface area contributed by atoms with Crippen molar-refractivity contribution in [3.8, 4) is 0 Å². The first-order valence-electron chi connectivity index (χ1n) is 9.49. The molecular formula is C16H36O3PS2Zn. The standard InChI is InChI=1S/C16H34O3P.2H2S.Zn/c1-3-5-7-9-11-13-15-18-20(17)19-16-14-12-10-8-6-4-2;;;/h3-16H2,1-2H3;2*1H2;/q+1;;;+1/p-2. The summed E-state index contributed by atoms with van der Waals surface area (Å²) in [7, 11) is 8.76. The zero-order chi connectivity index (χ0) is 17.4. The molecule has 0 aliphatic rings. The fourth-order valence-electron chi connectivity index (χ4n) is 2.37. The Labute approximate surface area is 157 Å². The van der Waals surface area contributed by atoms with Crippen molar-refractivity contribution in [1.82, 2.24) is 0 Å². The second kappa shape index (κ2) is 16.9. The Bertz CT molecular complexity index is 285. The van der Waals surface area contributed by atoms with Crippen LogP contribution in [0, 0.1) is 0 Å². The maximum atomic E-state index is 12.7. The molecule has 7 heteroatoms. The molecule has 0 aromatic rings. The van der Waals surface area contributed by atoms with Crippen LogP contribution in [0.2, 0.25) is 0 Å². The molecule has 0 N–H and O–H groups in total. The number of hydrogen-bond donors (Lipinski definition) is 2. The SMILES string of the molecule is CCCCCCCCO[P](=O)(OCCCCCCCC)[Zn]([SH])[SH]. The first-order chi connectivity index (χ1) is 11.1. The van der Waals surface area contributed by atoms with Gasteiger partial charge in [-0.1, -0.05) is 0 Å². The second-order valence-electron chi connectivity index (χ2n) is 6.24. The minimum absolute atomic E-state index is 0.522. The molecule has 0 aromatic carbocycles. The Morgan fingerprint density at radius 2 is 1.04 bits per heavy atom. The molecule has 0 radical (unpaired) electrons. The summed E-state index contributed by atoms with van der Waals surface area (Å²) in [4.78, 5) is 0. The molecule has 0 heterocycles. The first-order valence-corrected chi connectivity index (χ1v) is 24.4. The van der Waals surface area contributed by atoms with Gasteiger partial charge in [0.25, 0.3) is 0 Å². The Kier molecular flexibility index (Phi) is 18.0. The number of thiol groups is 2. The van der Waals surface area contributed by atoms with Crippen LogP contribution in [-0.2, 0) is 26.6 Å². The van der Waals surface area contributed by atoms with E-state index in [1.807, 2.05) is 0 Å². The van der Waals surface area contributed by atoms with E-state index in [0.717, 1.165) is 25.7 Å². The number of unbranched alkanes of at least 4 members (excludes halogenated alkanes) is 10. The van der Waals surface area contributed by atoms with Crippen molar-refractivity contribution in [2.24, 2.45) is 0 Å². The van der Waals surface area contributed by atoms with Crippen LogP contribution >= 0.6 is 27.2 Å². The van der Waals surface area contributed by atoms with Gasteiger partial charge in [0.2, 0.25) is 0 Å². The van der Waals surface area contributed by atoms with Gasteiger partial charge in [-0.05, 0) is 0 Å². The van der Waals surface area contributed by atoms with Crippen LogP contribution in [0.15, 0.2) is 0 Å². The predicted molar refractivity (Wildman–Crippen MR) is 104 cm³/mol. The Balaban J connectivity index is 3.77. The summed E-state index contributed by atoms with van der Waals surface area (Å²) in [5.74, 6) is -2.98. The van der Waals surface area contributed by atoms with Crippen LogP contribution in [0.4, 0.5) is 0 Å². The molecule has 0 aromatic heterocycles. The maximum absolute atomic E-state index is 12.7. The van der Waals surface area contributed by atoms with E-state index in [0.29, 0.717) is 13.2 Å². The van der Waals surface area contributed by atoms with E-state index in [2.05, 4.69) is 35.1 Å². The quantitative estimate of drug-likeness (QED) is 0.110. The topological polar surface area (TPSA) is 35.5 Å². The van der Waals surface area contributed by atoms with Crippen molar-refractivity contribution >= 4 is 27.2 Å². The average molecular weight is 437 g/mol. The van der Waals surface area contributed by atoms with Crippen LogP contribution in [-0.4, -0.2) is 13.2 Å². The van der Waals surface area contributed by atoms with Crippen molar-refractivity contribution in [3.05, 3.63) is 0 Å². The second-order valence-corrected chi connectivity index (χ2v) is 32.3. The molecular weight excluding hydrogens is 401 g/mol. The van der Waals surface area contributed by atoms with Crippen LogP contribution < -0.4 is 0 Å². The molecule has 0 saturated carbocycles. The van der Waals surface area contributed by atoms with Crippen molar-refractivity contribution in [2.75, 3.05) is 13.2 Å². The summed E-state index contributed by atoms with van der Waals surface area (Å²) in [6.45, 7) is 5.47. The van der Waals surface area contributed by atoms with Gasteiger partial charge in [0.15, 0.2) is 0 Å². The van der Waals surface area contributed by atoms with Crippen molar-refractivity contribution in [1.29, 1.82) is 0 Å².